The van der Waals surface area contributed by atoms with E-state index in [-0.39, 0.29) is 25.7 Å². The Morgan fingerprint density at radius 3 is 0.716 bits per heavy atom. The van der Waals surface area contributed by atoms with Gasteiger partial charge in [0.2, 0.25) is 0 Å². The highest BCUT2D eigenvalue weighted by molar-refractivity contribution is 7.47. The molecule has 19 heteroatoms. The van der Waals surface area contributed by atoms with Crippen LogP contribution in [0.2, 0.25) is 0 Å². The second-order valence-electron chi connectivity index (χ2n) is 28.3. The summed E-state index contributed by atoms with van der Waals surface area (Å²) in [6.45, 7) is 9.53. The van der Waals surface area contributed by atoms with Crippen LogP contribution in [0.4, 0.5) is 0 Å². The van der Waals surface area contributed by atoms with Gasteiger partial charge in [0.25, 0.3) is 0 Å². The average molecular weight is 1400 g/mol. The van der Waals surface area contributed by atoms with Crippen LogP contribution in [-0.2, 0) is 65.4 Å². The van der Waals surface area contributed by atoms with Gasteiger partial charge in [-0.3, -0.25) is 37.3 Å². The Balaban J connectivity index is 5.16. The molecule has 0 aromatic rings. The van der Waals surface area contributed by atoms with Crippen molar-refractivity contribution >= 4 is 39.5 Å². The summed E-state index contributed by atoms with van der Waals surface area (Å²) in [6, 6.07) is 0. The number of hydrogen-bond donors (Lipinski definition) is 3. The Kier molecular flexibility index (Phi) is 66.5. The van der Waals surface area contributed by atoms with Crippen LogP contribution in [0.25, 0.3) is 0 Å². The third kappa shape index (κ3) is 70.3. The number of phosphoric ester groups is 2. The second kappa shape index (κ2) is 67.9. The highest BCUT2D eigenvalue weighted by atomic mass is 31.2. The number of hydrogen-bond acceptors (Lipinski definition) is 15. The van der Waals surface area contributed by atoms with Gasteiger partial charge in [-0.25, -0.2) is 9.13 Å². The van der Waals surface area contributed by atoms with Crippen LogP contribution in [0.15, 0.2) is 0 Å². The van der Waals surface area contributed by atoms with E-state index in [1.165, 1.54) is 205 Å². The van der Waals surface area contributed by atoms with Gasteiger partial charge in [-0.2, -0.15) is 0 Å². The lowest BCUT2D eigenvalue weighted by atomic mass is 10.0. The van der Waals surface area contributed by atoms with Gasteiger partial charge in [0.1, 0.15) is 19.3 Å². The van der Waals surface area contributed by atoms with E-state index < -0.39 is 97.5 Å². The SMILES string of the molecule is CCCCCCCCCCCCCCCCCCCCCCCCC(=O)O[C@H](COC(=O)CCCCCCCCCCCCC(C)C)COP(=O)(O)OC[C@@H](O)COP(=O)(O)OC[C@@H](COC(=O)CCCCCCCCCC)OC(=O)CCCCCCCCCCCC(C)C. The fourth-order valence-corrected chi connectivity index (χ4v) is 13.2. The molecule has 0 aliphatic heterocycles. The van der Waals surface area contributed by atoms with Crippen LogP contribution in [0.1, 0.15) is 395 Å². The zero-order valence-electron chi connectivity index (χ0n) is 62.0. The molecule has 95 heavy (non-hydrogen) atoms. The van der Waals surface area contributed by atoms with Crippen molar-refractivity contribution in [1.82, 2.24) is 0 Å². The Bertz CT molecular complexity index is 1840. The molecule has 0 aromatic carbocycles. The van der Waals surface area contributed by atoms with Gasteiger partial charge in [0.15, 0.2) is 12.2 Å². The summed E-state index contributed by atoms with van der Waals surface area (Å²) in [5.41, 5.74) is 0. The lowest BCUT2D eigenvalue weighted by Crippen LogP contribution is -2.30. The first-order valence-corrected chi connectivity index (χ1v) is 42.5. The molecule has 0 radical (unpaired) electrons. The first-order chi connectivity index (χ1) is 45.9. The Labute approximate surface area is 581 Å². The molecule has 0 fully saturated rings. The van der Waals surface area contributed by atoms with Crippen molar-refractivity contribution in [3.63, 3.8) is 0 Å². The third-order valence-electron chi connectivity index (χ3n) is 17.7. The smallest absolute Gasteiger partial charge is 0.462 e. The minimum atomic E-state index is -4.96. The number of aliphatic hydroxyl groups is 1. The highest BCUT2D eigenvalue weighted by Gasteiger charge is 2.30. The summed E-state index contributed by atoms with van der Waals surface area (Å²) < 4.78 is 68.4. The molecule has 17 nitrogen and oxygen atoms in total. The first-order valence-electron chi connectivity index (χ1n) is 39.5. The van der Waals surface area contributed by atoms with E-state index >= 15 is 0 Å². The normalized spacial score (nSPS) is 14.0. The van der Waals surface area contributed by atoms with Crippen LogP contribution < -0.4 is 0 Å². The summed E-state index contributed by atoms with van der Waals surface area (Å²) in [4.78, 5) is 72.7. The van der Waals surface area contributed by atoms with Crippen LogP contribution in [-0.4, -0.2) is 96.7 Å². The molecule has 0 aromatic heterocycles. The monoisotopic (exact) mass is 1400 g/mol. The largest absolute Gasteiger partial charge is 0.472 e. The molecule has 0 aliphatic carbocycles. The predicted octanol–water partition coefficient (Wildman–Crippen LogP) is 22.3. The second-order valence-corrected chi connectivity index (χ2v) is 31.3. The molecule has 5 atom stereocenters. The first kappa shape index (κ1) is 93.1. The van der Waals surface area contributed by atoms with Crippen LogP contribution >= 0.6 is 15.6 Å². The van der Waals surface area contributed by atoms with Gasteiger partial charge in [-0.1, -0.05) is 343 Å². The molecule has 2 unspecified atom stereocenters. The number of phosphoric acid groups is 2. The minimum absolute atomic E-state index is 0.105. The number of carbonyl (C=O) groups excluding carboxylic acids is 4. The molecular formula is C76H148O17P2. The van der Waals surface area contributed by atoms with E-state index in [9.17, 15) is 43.2 Å². The van der Waals surface area contributed by atoms with Crippen molar-refractivity contribution in [2.45, 2.75) is 413 Å². The van der Waals surface area contributed by atoms with Crippen molar-refractivity contribution in [1.29, 1.82) is 0 Å². The van der Waals surface area contributed by atoms with Crippen LogP contribution in [0.3, 0.4) is 0 Å². The van der Waals surface area contributed by atoms with E-state index in [1.807, 2.05) is 0 Å². The van der Waals surface area contributed by atoms with Crippen molar-refractivity contribution in [2.75, 3.05) is 39.6 Å². The molecule has 0 spiro atoms. The number of unbranched alkanes of at least 4 members (excludes halogenated alkanes) is 45. The number of esters is 4. The van der Waals surface area contributed by atoms with Gasteiger partial charge < -0.3 is 33.8 Å². The van der Waals surface area contributed by atoms with Crippen LogP contribution in [0.5, 0.6) is 0 Å². The van der Waals surface area contributed by atoms with Gasteiger partial charge in [-0.15, -0.1) is 0 Å². The third-order valence-corrected chi connectivity index (χ3v) is 19.6. The fraction of sp³-hybridized carbons (Fsp3) is 0.947. The molecule has 564 valence electrons. The maximum absolute atomic E-state index is 13.1. The van der Waals surface area contributed by atoms with Crippen LogP contribution in [0, 0.1) is 11.8 Å². The molecule has 0 heterocycles. The molecule has 0 saturated heterocycles. The van der Waals surface area contributed by atoms with E-state index in [0.717, 1.165) is 108 Å². The van der Waals surface area contributed by atoms with Crippen molar-refractivity contribution in [2.24, 2.45) is 11.8 Å². The summed E-state index contributed by atoms with van der Waals surface area (Å²) in [5.74, 6) is -0.626. The predicted molar refractivity (Wildman–Crippen MR) is 386 cm³/mol. The van der Waals surface area contributed by atoms with Gasteiger partial charge >= 0.3 is 39.5 Å². The summed E-state index contributed by atoms with van der Waals surface area (Å²) in [7, 11) is -9.91. The zero-order chi connectivity index (χ0) is 70.0. The van der Waals surface area contributed by atoms with Crippen molar-refractivity contribution in [3.8, 4) is 0 Å². The Morgan fingerprint density at radius 2 is 0.484 bits per heavy atom. The Morgan fingerprint density at radius 1 is 0.284 bits per heavy atom. The zero-order valence-corrected chi connectivity index (χ0v) is 63.8. The number of rotatable bonds is 75. The van der Waals surface area contributed by atoms with E-state index in [0.29, 0.717) is 25.7 Å². The van der Waals surface area contributed by atoms with E-state index in [2.05, 4.69) is 41.5 Å². The number of ether oxygens (including phenoxy) is 4. The Hall–Kier alpha value is -1.94. The summed E-state index contributed by atoms with van der Waals surface area (Å²) >= 11 is 0. The highest BCUT2D eigenvalue weighted by Crippen LogP contribution is 2.45. The lowest BCUT2D eigenvalue weighted by Gasteiger charge is -2.21. The topological polar surface area (TPSA) is 237 Å². The lowest BCUT2D eigenvalue weighted by molar-refractivity contribution is -0.161. The quantitative estimate of drug-likeness (QED) is 0.0222. The van der Waals surface area contributed by atoms with Gasteiger partial charge in [-0.05, 0) is 37.5 Å². The summed E-state index contributed by atoms with van der Waals surface area (Å²) in [6.07, 6.45) is 55.8. The molecule has 3 N–H and O–H groups in total. The molecule has 0 aliphatic rings. The van der Waals surface area contributed by atoms with Gasteiger partial charge in [0, 0.05) is 25.7 Å². The molecule has 0 rings (SSSR count). The molecular weight excluding hydrogens is 1250 g/mol. The number of carbonyl (C=O) groups is 4. The fourth-order valence-electron chi connectivity index (χ4n) is 11.7. The van der Waals surface area contributed by atoms with E-state index in [1.54, 1.807) is 0 Å². The average Bonchev–Trinajstić information content (AvgIpc) is 3.75. The molecule has 0 amide bonds. The van der Waals surface area contributed by atoms with Gasteiger partial charge in [0.05, 0.1) is 26.4 Å². The maximum Gasteiger partial charge on any atom is 0.472 e. The standard InChI is InChI=1S/C76H148O17P2/c1-7-9-11-13-15-17-18-19-20-21-22-23-24-25-26-27-28-29-36-42-48-54-60-75(80)92-72(65-87-74(79)59-53-47-41-35-31-30-33-38-44-50-56-68(3)4)67-91-95(84,85)89-63-70(77)62-88-94(82,83)90-66-71(64-86-73(78)58-52-46-40-16-14-12-10-8-2)93-76(81)61-55-49-43-37-32-34-39-45-51-57-69(5)6/h68-72,77H,7-67H2,1-6H3,(H,82,83)(H,84,85)/t70-,71+,72+/m0/s1. The van der Waals surface area contributed by atoms with Crippen molar-refractivity contribution in [3.05, 3.63) is 0 Å². The number of aliphatic hydroxyl groups excluding tert-OH is 1. The summed E-state index contributed by atoms with van der Waals surface area (Å²) in [5, 5.41) is 10.6. The maximum atomic E-state index is 13.1. The van der Waals surface area contributed by atoms with E-state index in [4.69, 9.17) is 37.0 Å². The minimum Gasteiger partial charge on any atom is -0.462 e. The van der Waals surface area contributed by atoms with Crippen molar-refractivity contribution < 1.29 is 80.2 Å². The molecule has 0 bridgehead atoms. The molecule has 0 saturated carbocycles.